The fraction of sp³-hybridized carbons (Fsp3) is 0.467. The van der Waals surface area contributed by atoms with Crippen LogP contribution in [0.25, 0.3) is 0 Å². The average molecular weight is 329 g/mol. The number of carboxylic acid groups (broad SMARTS) is 1. The van der Waals surface area contributed by atoms with Gasteiger partial charge in [-0.3, -0.25) is 4.79 Å². The first-order valence-electron chi connectivity index (χ1n) is 7.12. The minimum atomic E-state index is -0.781. The Morgan fingerprint density at radius 3 is 2.50 bits per heavy atom. The molecule has 0 atom stereocenters. The lowest BCUT2D eigenvalue weighted by Crippen LogP contribution is -2.41. The summed E-state index contributed by atoms with van der Waals surface area (Å²) in [5, 5.41) is 14.5. The van der Waals surface area contributed by atoms with Crippen LogP contribution in [0.4, 0.5) is 14.9 Å². The lowest BCUT2D eigenvalue weighted by atomic mass is 9.86. The van der Waals surface area contributed by atoms with Crippen molar-refractivity contribution in [3.8, 4) is 0 Å². The maximum absolute atomic E-state index is 13.3. The highest BCUT2D eigenvalue weighted by atomic mass is 35.5. The lowest BCUT2D eigenvalue weighted by Gasteiger charge is -2.26. The number of halogens is 2. The zero-order chi connectivity index (χ0) is 16.3. The molecule has 1 aromatic carbocycles. The van der Waals surface area contributed by atoms with Crippen LogP contribution < -0.4 is 10.6 Å². The number of carbonyl (C=O) groups is 2. The van der Waals surface area contributed by atoms with Gasteiger partial charge in [0.25, 0.3) is 0 Å². The van der Waals surface area contributed by atoms with Crippen LogP contribution in [-0.4, -0.2) is 23.1 Å². The Labute approximate surface area is 132 Å². The third kappa shape index (κ3) is 4.10. The van der Waals surface area contributed by atoms with E-state index in [2.05, 4.69) is 10.6 Å². The number of anilines is 1. The van der Waals surface area contributed by atoms with Crippen LogP contribution in [0.5, 0.6) is 0 Å². The summed E-state index contributed by atoms with van der Waals surface area (Å²) in [7, 11) is 0. The Balaban J connectivity index is 1.89. The zero-order valence-corrected chi connectivity index (χ0v) is 12.9. The fourth-order valence-electron chi connectivity index (χ4n) is 2.58. The molecule has 7 heteroatoms. The summed E-state index contributed by atoms with van der Waals surface area (Å²) in [6, 6.07) is 2.14. The molecular formula is C15H18ClFN2O3. The van der Waals surface area contributed by atoms with Crippen molar-refractivity contribution < 1.29 is 19.1 Å². The monoisotopic (exact) mass is 328 g/mol. The molecule has 0 radical (unpaired) electrons. The van der Waals surface area contributed by atoms with Crippen LogP contribution in [0.15, 0.2) is 12.1 Å². The summed E-state index contributed by atoms with van der Waals surface area (Å²) in [5.74, 6) is -1.53. The molecule has 1 aromatic rings. The number of urea groups is 1. The van der Waals surface area contributed by atoms with Gasteiger partial charge in [-0.05, 0) is 50.3 Å². The quantitative estimate of drug-likeness (QED) is 0.794. The molecule has 0 aromatic heterocycles. The summed E-state index contributed by atoms with van der Waals surface area (Å²) in [6.07, 6.45) is 2.36. The van der Waals surface area contributed by atoms with Gasteiger partial charge in [-0.2, -0.15) is 0 Å². The normalized spacial score (nSPS) is 21.2. The van der Waals surface area contributed by atoms with Gasteiger partial charge in [-0.15, -0.1) is 0 Å². The van der Waals surface area contributed by atoms with Gasteiger partial charge in [0.15, 0.2) is 0 Å². The van der Waals surface area contributed by atoms with Crippen molar-refractivity contribution >= 4 is 29.3 Å². The summed E-state index contributed by atoms with van der Waals surface area (Å²) in [5.41, 5.74) is 0.735. The van der Waals surface area contributed by atoms with Crippen LogP contribution in [0.2, 0.25) is 5.02 Å². The predicted molar refractivity (Wildman–Crippen MR) is 81.7 cm³/mol. The molecule has 120 valence electrons. The van der Waals surface area contributed by atoms with E-state index in [1.54, 1.807) is 6.92 Å². The van der Waals surface area contributed by atoms with Crippen LogP contribution in [0.3, 0.4) is 0 Å². The van der Waals surface area contributed by atoms with E-state index in [4.69, 9.17) is 16.7 Å². The number of carboxylic acids is 1. The van der Waals surface area contributed by atoms with Gasteiger partial charge in [0.05, 0.1) is 16.6 Å². The molecule has 3 N–H and O–H groups in total. The SMILES string of the molecule is Cc1cc(NC(=O)NC2CCC(C(=O)O)CC2)c(Cl)cc1F. The fourth-order valence-corrected chi connectivity index (χ4v) is 2.78. The lowest BCUT2D eigenvalue weighted by molar-refractivity contribution is -0.142. The van der Waals surface area contributed by atoms with Gasteiger partial charge < -0.3 is 15.7 Å². The number of aryl methyl sites for hydroxylation is 1. The number of hydrogen-bond acceptors (Lipinski definition) is 2. The Bertz CT molecular complexity index is 586. The molecule has 1 aliphatic rings. The molecule has 2 rings (SSSR count). The van der Waals surface area contributed by atoms with Crippen molar-refractivity contribution in [1.29, 1.82) is 0 Å². The number of carbonyl (C=O) groups excluding carboxylic acids is 1. The number of rotatable bonds is 3. The van der Waals surface area contributed by atoms with Crippen LogP contribution >= 0.6 is 11.6 Å². The highest BCUT2D eigenvalue weighted by Crippen LogP contribution is 2.26. The third-order valence-electron chi connectivity index (χ3n) is 3.91. The predicted octanol–water partition coefficient (Wildman–Crippen LogP) is 3.55. The van der Waals surface area contributed by atoms with E-state index in [9.17, 15) is 14.0 Å². The van der Waals surface area contributed by atoms with Gasteiger partial charge in [0.2, 0.25) is 0 Å². The van der Waals surface area contributed by atoms with Crippen molar-refractivity contribution in [2.45, 2.75) is 38.6 Å². The van der Waals surface area contributed by atoms with Gasteiger partial charge in [0, 0.05) is 6.04 Å². The topological polar surface area (TPSA) is 78.4 Å². The molecule has 0 spiro atoms. The molecule has 1 saturated carbocycles. The highest BCUT2D eigenvalue weighted by molar-refractivity contribution is 6.33. The second kappa shape index (κ2) is 6.96. The van der Waals surface area contributed by atoms with Crippen molar-refractivity contribution in [2.24, 2.45) is 5.92 Å². The Morgan fingerprint density at radius 1 is 1.27 bits per heavy atom. The molecule has 0 heterocycles. The minimum absolute atomic E-state index is 0.0593. The van der Waals surface area contributed by atoms with Gasteiger partial charge in [-0.25, -0.2) is 9.18 Å². The number of hydrogen-bond donors (Lipinski definition) is 3. The number of nitrogens with one attached hydrogen (secondary N) is 2. The van der Waals surface area contributed by atoms with E-state index in [1.165, 1.54) is 6.07 Å². The largest absolute Gasteiger partial charge is 0.481 e. The van der Waals surface area contributed by atoms with Crippen molar-refractivity contribution in [2.75, 3.05) is 5.32 Å². The van der Waals surface area contributed by atoms with Gasteiger partial charge in [0.1, 0.15) is 5.82 Å². The highest BCUT2D eigenvalue weighted by Gasteiger charge is 2.26. The summed E-state index contributed by atoms with van der Waals surface area (Å²) >= 11 is 5.89. The molecule has 1 fully saturated rings. The second-order valence-electron chi connectivity index (χ2n) is 5.57. The molecule has 0 aliphatic heterocycles. The molecule has 0 bridgehead atoms. The average Bonchev–Trinajstić information content (AvgIpc) is 2.45. The Hall–Kier alpha value is -1.82. The number of amides is 2. The van der Waals surface area contributed by atoms with E-state index < -0.39 is 17.8 Å². The first-order chi connectivity index (χ1) is 10.4. The molecule has 1 aliphatic carbocycles. The van der Waals surface area contributed by atoms with E-state index in [1.807, 2.05) is 0 Å². The van der Waals surface area contributed by atoms with Crippen molar-refractivity contribution in [3.63, 3.8) is 0 Å². The van der Waals surface area contributed by atoms with E-state index in [0.717, 1.165) is 6.07 Å². The maximum Gasteiger partial charge on any atom is 0.319 e. The smallest absolute Gasteiger partial charge is 0.319 e. The van der Waals surface area contributed by atoms with Gasteiger partial charge in [-0.1, -0.05) is 11.6 Å². The van der Waals surface area contributed by atoms with E-state index in [0.29, 0.717) is 36.9 Å². The van der Waals surface area contributed by atoms with E-state index >= 15 is 0 Å². The second-order valence-corrected chi connectivity index (χ2v) is 5.97. The van der Waals surface area contributed by atoms with Crippen LogP contribution in [0.1, 0.15) is 31.2 Å². The van der Waals surface area contributed by atoms with Crippen molar-refractivity contribution in [3.05, 3.63) is 28.5 Å². The summed E-state index contributed by atoms with van der Waals surface area (Å²) in [6.45, 7) is 1.59. The molecule has 0 unspecified atom stereocenters. The molecule has 0 saturated heterocycles. The number of aliphatic carboxylic acids is 1. The molecular weight excluding hydrogens is 311 g/mol. The van der Waals surface area contributed by atoms with Crippen LogP contribution in [0, 0.1) is 18.7 Å². The van der Waals surface area contributed by atoms with Crippen LogP contribution in [-0.2, 0) is 4.79 Å². The molecule has 22 heavy (non-hydrogen) atoms. The first kappa shape index (κ1) is 16.5. The first-order valence-corrected chi connectivity index (χ1v) is 7.50. The minimum Gasteiger partial charge on any atom is -0.481 e. The number of benzene rings is 1. The summed E-state index contributed by atoms with van der Waals surface area (Å²) < 4.78 is 13.3. The van der Waals surface area contributed by atoms with Crippen molar-refractivity contribution in [1.82, 2.24) is 5.32 Å². The Morgan fingerprint density at radius 2 is 1.91 bits per heavy atom. The van der Waals surface area contributed by atoms with Gasteiger partial charge >= 0.3 is 12.0 Å². The van der Waals surface area contributed by atoms with E-state index in [-0.39, 0.29) is 17.0 Å². The molecule has 5 nitrogen and oxygen atoms in total. The third-order valence-corrected chi connectivity index (χ3v) is 4.22. The summed E-state index contributed by atoms with van der Waals surface area (Å²) in [4.78, 5) is 22.8. The maximum atomic E-state index is 13.3. The zero-order valence-electron chi connectivity index (χ0n) is 12.2. The Kier molecular flexibility index (Phi) is 5.24. The standard InChI is InChI=1S/C15H18ClFN2O3/c1-8-6-13(11(16)7-12(8)17)19-15(22)18-10-4-2-9(3-5-10)14(20)21/h6-7,9-10H,2-5H2,1H3,(H,20,21)(H2,18,19,22). The molecule has 2 amide bonds.